The predicted molar refractivity (Wildman–Crippen MR) is 54.6 cm³/mol. The van der Waals surface area contributed by atoms with Crippen molar-refractivity contribution in [2.24, 2.45) is 0 Å². The Morgan fingerprint density at radius 1 is 1.27 bits per heavy atom. The zero-order valence-corrected chi connectivity index (χ0v) is 8.55. The molecule has 0 radical (unpaired) electrons. The maximum absolute atomic E-state index is 11.6. The average Bonchev–Trinajstić information content (AvgIpc) is 2.26. The fraction of sp³-hybridized carbons (Fsp3) is 0.111. The first-order valence-electron chi connectivity index (χ1n) is 4.07. The Morgan fingerprint density at radius 3 is 2.33 bits per heavy atom. The van der Waals surface area contributed by atoms with Gasteiger partial charge in [0.15, 0.2) is 16.5 Å². The lowest BCUT2D eigenvalue weighted by atomic mass is 10.1. The van der Waals surface area contributed by atoms with Crippen LogP contribution in [0.1, 0.15) is 10.4 Å². The number of hydrogen-bond acceptors (Lipinski definition) is 3. The number of hydrogen-bond donors (Lipinski definition) is 1. The van der Waals surface area contributed by atoms with Crippen molar-refractivity contribution in [3.63, 3.8) is 0 Å². The summed E-state index contributed by atoms with van der Waals surface area (Å²) < 4.78 is 20.8. The van der Waals surface area contributed by atoms with Gasteiger partial charge in [0.2, 0.25) is 0 Å². The molecular formula is C9H8N2O3S. The Balaban J connectivity index is 2.99. The lowest BCUT2D eigenvalue weighted by molar-refractivity contribution is -0.00644. The van der Waals surface area contributed by atoms with E-state index in [-0.39, 0.29) is 5.71 Å². The first-order chi connectivity index (χ1) is 7.15. The molecule has 0 saturated carbocycles. The molecule has 0 aliphatic rings. The lowest BCUT2D eigenvalue weighted by Gasteiger charge is -1.93. The summed E-state index contributed by atoms with van der Waals surface area (Å²) >= 11 is 0. The highest BCUT2D eigenvalue weighted by Gasteiger charge is 2.22. The van der Waals surface area contributed by atoms with Crippen LogP contribution in [-0.2, 0) is 10.7 Å². The number of carbonyl (C=O) groups is 1. The highest BCUT2D eigenvalue weighted by atomic mass is 32.2. The number of rotatable bonds is 4. The van der Waals surface area contributed by atoms with Gasteiger partial charge in [0.25, 0.3) is 5.78 Å². The van der Waals surface area contributed by atoms with Crippen LogP contribution in [0.3, 0.4) is 0 Å². The summed E-state index contributed by atoms with van der Waals surface area (Å²) in [7, 11) is -2.78. The molecule has 0 spiro atoms. The van der Waals surface area contributed by atoms with Crippen LogP contribution in [0.4, 0.5) is 0 Å². The van der Waals surface area contributed by atoms with Crippen LogP contribution >= 0.6 is 0 Å². The minimum atomic E-state index is -2.78. The summed E-state index contributed by atoms with van der Waals surface area (Å²) in [4.78, 5) is 14.2. The van der Waals surface area contributed by atoms with Crippen molar-refractivity contribution in [2.45, 2.75) is 0 Å². The van der Waals surface area contributed by atoms with E-state index >= 15 is 0 Å². The third kappa shape index (κ3) is 3.12. The molecule has 1 aromatic carbocycles. The van der Waals surface area contributed by atoms with Gasteiger partial charge in [0, 0.05) is 5.56 Å². The monoisotopic (exact) mass is 224 g/mol. The smallest absolute Gasteiger partial charge is 0.353 e. The summed E-state index contributed by atoms with van der Waals surface area (Å²) in [6.07, 6.45) is 0. The molecule has 1 aromatic rings. The molecule has 0 N–H and O–H groups in total. The number of thiol groups is 1. The van der Waals surface area contributed by atoms with E-state index in [1.807, 2.05) is 0 Å². The number of nitrogens with zero attached hydrogens (tertiary/aromatic N) is 2. The predicted octanol–water partition coefficient (Wildman–Crippen LogP) is 0.152. The maximum atomic E-state index is 11.6. The van der Waals surface area contributed by atoms with Crippen molar-refractivity contribution in [1.82, 2.24) is 0 Å². The highest BCUT2D eigenvalue weighted by Crippen LogP contribution is 2.00. The van der Waals surface area contributed by atoms with Crippen LogP contribution in [0.15, 0.2) is 30.3 Å². The first kappa shape index (κ1) is 11.3. The summed E-state index contributed by atoms with van der Waals surface area (Å²) in [6, 6.07) is 8.04. The van der Waals surface area contributed by atoms with Crippen molar-refractivity contribution in [2.75, 3.05) is 5.75 Å². The quantitative estimate of drug-likeness (QED) is 0.259. The van der Waals surface area contributed by atoms with Gasteiger partial charge in [-0.25, -0.2) is 8.42 Å². The molecule has 0 aromatic heterocycles. The minimum absolute atomic E-state index is 0.294. The van der Waals surface area contributed by atoms with Crippen molar-refractivity contribution in [3.05, 3.63) is 41.4 Å². The van der Waals surface area contributed by atoms with Gasteiger partial charge in [-0.2, -0.15) is 4.79 Å². The van der Waals surface area contributed by atoms with E-state index in [1.165, 1.54) is 12.1 Å². The second-order valence-corrected chi connectivity index (χ2v) is 3.71. The molecule has 0 aliphatic carbocycles. The Bertz CT molecular complexity index is 479. The van der Waals surface area contributed by atoms with Crippen LogP contribution in [0.2, 0.25) is 0 Å². The summed E-state index contributed by atoms with van der Waals surface area (Å²) in [6.45, 7) is 0. The molecular weight excluding hydrogens is 216 g/mol. The Hall–Kier alpha value is -1.78. The van der Waals surface area contributed by atoms with Gasteiger partial charge in [0.1, 0.15) is 0 Å². The molecule has 78 valence electrons. The lowest BCUT2D eigenvalue weighted by Crippen LogP contribution is -2.20. The molecule has 0 aliphatic heterocycles. The van der Waals surface area contributed by atoms with E-state index in [0.29, 0.717) is 5.56 Å². The molecule has 0 heterocycles. The van der Waals surface area contributed by atoms with Gasteiger partial charge in [-0.15, -0.1) is 0 Å². The number of carbonyl (C=O) groups excluding carboxylic acids is 1. The molecule has 0 atom stereocenters. The van der Waals surface area contributed by atoms with E-state index in [9.17, 15) is 13.2 Å². The molecule has 0 fully saturated rings. The third-order valence-corrected chi connectivity index (χ3v) is 2.26. The zero-order chi connectivity index (χ0) is 11.3. The van der Waals surface area contributed by atoms with Crippen LogP contribution in [0.25, 0.3) is 5.53 Å². The van der Waals surface area contributed by atoms with E-state index in [2.05, 4.69) is 4.79 Å². The average molecular weight is 224 g/mol. The van der Waals surface area contributed by atoms with E-state index in [4.69, 9.17) is 5.53 Å². The second kappa shape index (κ2) is 5.19. The Labute approximate surface area is 87.9 Å². The topological polar surface area (TPSA) is 87.6 Å². The fourth-order valence-electron chi connectivity index (χ4n) is 1.03. The maximum Gasteiger partial charge on any atom is 0.353 e. The molecule has 1 rings (SSSR count). The number of benzene rings is 1. The van der Waals surface area contributed by atoms with E-state index < -0.39 is 22.2 Å². The van der Waals surface area contributed by atoms with Crippen LogP contribution < -0.4 is 0 Å². The van der Waals surface area contributed by atoms with Gasteiger partial charge >= 0.3 is 5.71 Å². The Kier molecular flexibility index (Phi) is 3.91. The number of Topliss-reactive ketones (excluding diaryl/α,β-unsaturated/α-hetero) is 1. The molecule has 6 heteroatoms. The molecule has 0 bridgehead atoms. The normalized spacial score (nSPS) is 9.67. The SMILES string of the molecule is [N-]=[N+]=C(C[SH](=O)=O)C(=O)c1ccccc1. The number of ketones is 1. The van der Waals surface area contributed by atoms with Gasteiger partial charge in [0.05, 0.1) is 0 Å². The molecule has 5 nitrogen and oxygen atoms in total. The molecule has 15 heavy (non-hydrogen) atoms. The Morgan fingerprint density at radius 2 is 1.87 bits per heavy atom. The van der Waals surface area contributed by atoms with E-state index in [1.54, 1.807) is 18.2 Å². The first-order valence-corrected chi connectivity index (χ1v) is 5.44. The minimum Gasteiger partial charge on any atom is -0.361 e. The summed E-state index contributed by atoms with van der Waals surface area (Å²) in [5.74, 6) is -1.14. The van der Waals surface area contributed by atoms with Crippen LogP contribution in [0, 0.1) is 0 Å². The zero-order valence-electron chi connectivity index (χ0n) is 7.66. The van der Waals surface area contributed by atoms with Crippen molar-refractivity contribution >= 4 is 22.2 Å². The van der Waals surface area contributed by atoms with Crippen LogP contribution in [0.5, 0.6) is 0 Å². The highest BCUT2D eigenvalue weighted by molar-refractivity contribution is 7.73. The van der Waals surface area contributed by atoms with Gasteiger partial charge in [-0.3, -0.25) is 4.79 Å². The van der Waals surface area contributed by atoms with Crippen molar-refractivity contribution in [1.29, 1.82) is 0 Å². The van der Waals surface area contributed by atoms with Crippen molar-refractivity contribution < 1.29 is 18.0 Å². The molecule has 0 amide bonds. The second-order valence-electron chi connectivity index (χ2n) is 2.73. The standard InChI is InChI=1S/C9H8N2O3S/c10-11-8(6-15(13)14)9(12)7-4-2-1-3-5-7/h1-5,15H,6H2. The fourth-order valence-corrected chi connectivity index (χ4v) is 1.48. The van der Waals surface area contributed by atoms with Gasteiger partial charge in [-0.1, -0.05) is 30.3 Å². The van der Waals surface area contributed by atoms with Gasteiger partial charge < -0.3 is 5.53 Å². The van der Waals surface area contributed by atoms with Crippen molar-refractivity contribution in [3.8, 4) is 0 Å². The third-order valence-electron chi connectivity index (χ3n) is 1.70. The summed E-state index contributed by atoms with van der Waals surface area (Å²) in [5.41, 5.74) is 8.42. The van der Waals surface area contributed by atoms with Crippen LogP contribution in [-0.4, -0.2) is 30.5 Å². The van der Waals surface area contributed by atoms with E-state index in [0.717, 1.165) is 0 Å². The molecule has 0 unspecified atom stereocenters. The largest absolute Gasteiger partial charge is 0.361 e. The van der Waals surface area contributed by atoms with Gasteiger partial charge in [-0.05, 0) is 0 Å². The summed E-state index contributed by atoms with van der Waals surface area (Å²) in [5, 5.41) is 0. The molecule has 0 saturated heterocycles.